The highest BCUT2D eigenvalue weighted by atomic mass is 16.5. The van der Waals surface area contributed by atoms with Crippen molar-refractivity contribution in [3.63, 3.8) is 0 Å². The van der Waals surface area contributed by atoms with Crippen LogP contribution in [0, 0.1) is 6.92 Å². The SMILES string of the molecule is Cc1ccccc1NC(=O)C1=Cc2ccccc2OC1. The van der Waals surface area contributed by atoms with Crippen molar-refractivity contribution >= 4 is 17.7 Å². The Labute approximate surface area is 117 Å². The van der Waals surface area contributed by atoms with Crippen LogP contribution in [0.3, 0.4) is 0 Å². The van der Waals surface area contributed by atoms with Crippen LogP contribution in [-0.4, -0.2) is 12.5 Å². The average Bonchev–Trinajstić information content (AvgIpc) is 2.49. The van der Waals surface area contributed by atoms with Crippen LogP contribution in [0.5, 0.6) is 5.75 Å². The van der Waals surface area contributed by atoms with Crippen LogP contribution in [0.4, 0.5) is 5.69 Å². The molecule has 0 aliphatic carbocycles. The third-order valence-electron chi connectivity index (χ3n) is 3.32. The van der Waals surface area contributed by atoms with Crippen LogP contribution in [-0.2, 0) is 4.79 Å². The van der Waals surface area contributed by atoms with Gasteiger partial charge in [-0.1, -0.05) is 36.4 Å². The van der Waals surface area contributed by atoms with Crippen LogP contribution >= 0.6 is 0 Å². The van der Waals surface area contributed by atoms with Crippen LogP contribution in [0.25, 0.3) is 6.08 Å². The largest absolute Gasteiger partial charge is 0.488 e. The van der Waals surface area contributed by atoms with E-state index in [1.54, 1.807) is 0 Å². The predicted molar refractivity (Wildman–Crippen MR) is 79.7 cm³/mol. The number of carbonyl (C=O) groups excluding carboxylic acids is 1. The topological polar surface area (TPSA) is 38.3 Å². The second kappa shape index (κ2) is 5.21. The Balaban J connectivity index is 1.83. The van der Waals surface area contributed by atoms with Gasteiger partial charge in [0.2, 0.25) is 0 Å². The zero-order valence-electron chi connectivity index (χ0n) is 11.2. The number of anilines is 1. The Morgan fingerprint density at radius 2 is 1.85 bits per heavy atom. The number of fused-ring (bicyclic) bond motifs is 1. The summed E-state index contributed by atoms with van der Waals surface area (Å²) in [5.41, 5.74) is 3.44. The van der Waals surface area contributed by atoms with Crippen LogP contribution in [0.2, 0.25) is 0 Å². The number of hydrogen-bond donors (Lipinski definition) is 1. The summed E-state index contributed by atoms with van der Waals surface area (Å²) in [6.07, 6.45) is 1.88. The van der Waals surface area contributed by atoms with Gasteiger partial charge in [-0.15, -0.1) is 0 Å². The fourth-order valence-corrected chi connectivity index (χ4v) is 2.16. The van der Waals surface area contributed by atoms with Crippen molar-refractivity contribution in [2.45, 2.75) is 6.92 Å². The number of para-hydroxylation sites is 2. The van der Waals surface area contributed by atoms with E-state index in [4.69, 9.17) is 4.74 Å². The summed E-state index contributed by atoms with van der Waals surface area (Å²) in [5.74, 6) is 0.703. The lowest BCUT2D eigenvalue weighted by Crippen LogP contribution is -2.21. The molecule has 0 spiro atoms. The van der Waals surface area contributed by atoms with E-state index in [0.717, 1.165) is 22.6 Å². The minimum atomic E-state index is -0.117. The third-order valence-corrected chi connectivity index (χ3v) is 3.32. The number of carbonyl (C=O) groups is 1. The standard InChI is InChI=1S/C17H15NO2/c1-12-6-2-4-8-15(12)18-17(19)14-10-13-7-3-5-9-16(13)20-11-14/h2-10H,11H2,1H3,(H,18,19). The van der Waals surface area contributed by atoms with E-state index in [-0.39, 0.29) is 5.91 Å². The summed E-state index contributed by atoms with van der Waals surface area (Å²) in [6, 6.07) is 15.4. The minimum Gasteiger partial charge on any atom is -0.488 e. The number of benzene rings is 2. The van der Waals surface area contributed by atoms with Gasteiger partial charge in [0.05, 0.1) is 5.57 Å². The molecule has 2 aromatic rings. The third kappa shape index (κ3) is 2.43. The lowest BCUT2D eigenvalue weighted by atomic mass is 10.1. The predicted octanol–water partition coefficient (Wildman–Crippen LogP) is 3.41. The van der Waals surface area contributed by atoms with Gasteiger partial charge in [0.1, 0.15) is 12.4 Å². The molecule has 2 aromatic carbocycles. The quantitative estimate of drug-likeness (QED) is 0.903. The Bertz CT molecular complexity index is 689. The molecule has 0 unspecified atom stereocenters. The van der Waals surface area contributed by atoms with E-state index in [0.29, 0.717) is 12.2 Å². The number of ether oxygens (including phenoxy) is 1. The lowest BCUT2D eigenvalue weighted by molar-refractivity contribution is -0.113. The lowest BCUT2D eigenvalue weighted by Gasteiger charge is -2.17. The molecule has 0 atom stereocenters. The van der Waals surface area contributed by atoms with Gasteiger partial charge in [-0.3, -0.25) is 4.79 Å². The minimum absolute atomic E-state index is 0.117. The molecule has 0 radical (unpaired) electrons. The normalized spacial score (nSPS) is 12.9. The van der Waals surface area contributed by atoms with Crippen LogP contribution in [0.1, 0.15) is 11.1 Å². The number of amides is 1. The summed E-state index contributed by atoms with van der Waals surface area (Å²) in [4.78, 5) is 12.3. The maximum Gasteiger partial charge on any atom is 0.255 e. The van der Waals surface area contributed by atoms with Crippen molar-refractivity contribution < 1.29 is 9.53 Å². The fourth-order valence-electron chi connectivity index (χ4n) is 2.16. The average molecular weight is 265 g/mol. The molecule has 0 saturated heterocycles. The summed E-state index contributed by atoms with van der Waals surface area (Å²) in [6.45, 7) is 2.27. The van der Waals surface area contributed by atoms with E-state index in [2.05, 4.69) is 5.32 Å². The van der Waals surface area contributed by atoms with Crippen molar-refractivity contribution in [3.8, 4) is 5.75 Å². The van der Waals surface area contributed by atoms with Gasteiger partial charge in [-0.25, -0.2) is 0 Å². The van der Waals surface area contributed by atoms with Gasteiger partial charge in [-0.05, 0) is 30.7 Å². The molecule has 1 aliphatic rings. The summed E-state index contributed by atoms with van der Waals surface area (Å²) >= 11 is 0. The maximum atomic E-state index is 12.3. The fraction of sp³-hybridized carbons (Fsp3) is 0.118. The molecule has 0 fully saturated rings. The van der Waals surface area contributed by atoms with Gasteiger partial charge >= 0.3 is 0 Å². The van der Waals surface area contributed by atoms with E-state index < -0.39 is 0 Å². The summed E-state index contributed by atoms with van der Waals surface area (Å²) in [5, 5.41) is 2.92. The zero-order valence-corrected chi connectivity index (χ0v) is 11.2. The molecule has 0 aromatic heterocycles. The zero-order chi connectivity index (χ0) is 13.9. The van der Waals surface area contributed by atoms with Crippen molar-refractivity contribution in [3.05, 3.63) is 65.2 Å². The molecule has 1 heterocycles. The molecule has 3 heteroatoms. The first-order valence-corrected chi connectivity index (χ1v) is 6.53. The molecule has 3 rings (SSSR count). The molecule has 0 saturated carbocycles. The highest BCUT2D eigenvalue weighted by molar-refractivity contribution is 6.07. The molecule has 1 aliphatic heterocycles. The molecule has 20 heavy (non-hydrogen) atoms. The molecule has 1 amide bonds. The highest BCUT2D eigenvalue weighted by Gasteiger charge is 2.17. The van der Waals surface area contributed by atoms with Gasteiger partial charge < -0.3 is 10.1 Å². The van der Waals surface area contributed by atoms with Crippen molar-refractivity contribution in [2.24, 2.45) is 0 Å². The van der Waals surface area contributed by atoms with Crippen LogP contribution in [0.15, 0.2) is 54.1 Å². The number of nitrogens with one attached hydrogen (secondary N) is 1. The van der Waals surface area contributed by atoms with E-state index in [1.165, 1.54) is 0 Å². The second-order valence-electron chi connectivity index (χ2n) is 4.77. The van der Waals surface area contributed by atoms with Crippen molar-refractivity contribution in [2.75, 3.05) is 11.9 Å². The molecule has 3 nitrogen and oxygen atoms in total. The van der Waals surface area contributed by atoms with E-state index in [9.17, 15) is 4.79 Å². The van der Waals surface area contributed by atoms with Gasteiger partial charge in [0, 0.05) is 11.3 Å². The second-order valence-corrected chi connectivity index (χ2v) is 4.77. The molecule has 100 valence electrons. The first-order valence-electron chi connectivity index (χ1n) is 6.53. The number of rotatable bonds is 2. The summed E-state index contributed by atoms with van der Waals surface area (Å²) in [7, 11) is 0. The molecular formula is C17H15NO2. The Hall–Kier alpha value is -2.55. The smallest absolute Gasteiger partial charge is 0.255 e. The van der Waals surface area contributed by atoms with Gasteiger partial charge in [0.25, 0.3) is 5.91 Å². The Kier molecular flexibility index (Phi) is 3.25. The van der Waals surface area contributed by atoms with Gasteiger partial charge in [-0.2, -0.15) is 0 Å². The Morgan fingerprint density at radius 1 is 1.10 bits per heavy atom. The number of aryl methyl sites for hydroxylation is 1. The first-order chi connectivity index (χ1) is 9.74. The van der Waals surface area contributed by atoms with E-state index >= 15 is 0 Å². The number of hydrogen-bond acceptors (Lipinski definition) is 2. The molecule has 1 N–H and O–H groups in total. The highest BCUT2D eigenvalue weighted by Crippen LogP contribution is 2.26. The monoisotopic (exact) mass is 265 g/mol. The van der Waals surface area contributed by atoms with Crippen molar-refractivity contribution in [1.29, 1.82) is 0 Å². The summed E-state index contributed by atoms with van der Waals surface area (Å²) < 4.78 is 5.60. The maximum absolute atomic E-state index is 12.3. The van der Waals surface area contributed by atoms with E-state index in [1.807, 2.05) is 61.5 Å². The van der Waals surface area contributed by atoms with Crippen LogP contribution < -0.4 is 10.1 Å². The van der Waals surface area contributed by atoms with Crippen molar-refractivity contribution in [1.82, 2.24) is 0 Å². The first kappa shape index (κ1) is 12.5. The van der Waals surface area contributed by atoms with Gasteiger partial charge in [0.15, 0.2) is 0 Å². The Morgan fingerprint density at radius 3 is 2.70 bits per heavy atom. The molecule has 0 bridgehead atoms. The molecular weight excluding hydrogens is 250 g/mol.